The molecule has 2 aliphatic heterocycles. The van der Waals surface area contributed by atoms with Gasteiger partial charge in [-0.2, -0.15) is 0 Å². The predicted octanol–water partition coefficient (Wildman–Crippen LogP) is 4.27. The second-order valence-corrected chi connectivity index (χ2v) is 14.4. The minimum atomic E-state index is -1.46. The number of epoxide rings is 1. The largest absolute Gasteiger partial charge is 0.497 e. The molecule has 53 heavy (non-hydrogen) atoms. The Morgan fingerprint density at radius 1 is 1.17 bits per heavy atom. The Labute approximate surface area is 314 Å². The first-order chi connectivity index (χ1) is 24.9. The summed E-state index contributed by atoms with van der Waals surface area (Å²) in [5.74, 6) is -0.623. The number of carbonyl (C=O) groups is 3. The van der Waals surface area contributed by atoms with Crippen LogP contribution in [0.15, 0.2) is 60.2 Å². The van der Waals surface area contributed by atoms with Crippen LogP contribution in [0.5, 0.6) is 5.75 Å². The number of hydrogen-bond donors (Lipinski definition) is 5. The van der Waals surface area contributed by atoms with Gasteiger partial charge in [-0.25, -0.2) is 0 Å². The third kappa shape index (κ3) is 14.3. The number of benzene rings is 1. The fourth-order valence-electron chi connectivity index (χ4n) is 6.64. The number of carboxylic acid groups (broad SMARTS) is 1. The number of rotatable bonds is 14. The molecular formula is C40H61NO12. The fraction of sp³-hybridized carbons (Fsp3) is 0.625. The zero-order valence-corrected chi connectivity index (χ0v) is 32.6. The van der Waals surface area contributed by atoms with E-state index in [0.29, 0.717) is 12.1 Å². The van der Waals surface area contributed by atoms with Crippen LogP contribution in [0, 0.1) is 11.8 Å². The van der Waals surface area contributed by atoms with Crippen molar-refractivity contribution < 1.29 is 58.5 Å². The number of aliphatic hydroxyl groups excluding tert-OH is 1. The fourth-order valence-corrected chi connectivity index (χ4v) is 6.64. The summed E-state index contributed by atoms with van der Waals surface area (Å²) >= 11 is 0. The molecule has 0 bridgehead atoms. The van der Waals surface area contributed by atoms with E-state index < -0.39 is 47.5 Å². The molecule has 13 heteroatoms. The monoisotopic (exact) mass is 747 g/mol. The molecule has 3 rings (SSSR count). The number of allylic oxidation sites excluding steroid dienone is 2. The average Bonchev–Trinajstić information content (AvgIpc) is 3.89. The Balaban J connectivity index is 0.00000313. The summed E-state index contributed by atoms with van der Waals surface area (Å²) in [6.45, 7) is 12.6. The van der Waals surface area contributed by atoms with Crippen LogP contribution in [0.4, 0.5) is 0 Å². The quantitative estimate of drug-likeness (QED) is 0.0597. The molecule has 2 unspecified atom stereocenters. The van der Waals surface area contributed by atoms with Gasteiger partial charge >= 0.3 is 11.9 Å². The van der Waals surface area contributed by atoms with Crippen LogP contribution in [-0.4, -0.2) is 107 Å². The molecule has 1 fully saturated rings. The highest BCUT2D eigenvalue weighted by molar-refractivity contribution is 5.70. The summed E-state index contributed by atoms with van der Waals surface area (Å²) in [6, 6.07) is 7.27. The Hall–Kier alpha value is -3.59. The van der Waals surface area contributed by atoms with Gasteiger partial charge in [0, 0.05) is 32.4 Å². The zero-order chi connectivity index (χ0) is 39.9. The normalized spacial score (nSPS) is 30.1. The Morgan fingerprint density at radius 2 is 1.81 bits per heavy atom. The van der Waals surface area contributed by atoms with E-state index in [0.717, 1.165) is 17.7 Å². The smallest absolute Gasteiger partial charge is 0.309 e. The van der Waals surface area contributed by atoms with Crippen molar-refractivity contribution in [1.82, 2.24) is 5.32 Å². The maximum atomic E-state index is 12.9. The van der Waals surface area contributed by atoms with Crippen LogP contribution in [0.1, 0.15) is 79.7 Å². The van der Waals surface area contributed by atoms with Gasteiger partial charge < -0.3 is 49.4 Å². The number of nitrogens with one attached hydrogen (secondary N) is 1. The first kappa shape index (κ1) is 45.6. The van der Waals surface area contributed by atoms with Gasteiger partial charge in [0.05, 0.1) is 43.5 Å². The summed E-state index contributed by atoms with van der Waals surface area (Å²) < 4.78 is 28.5. The number of esters is 2. The van der Waals surface area contributed by atoms with E-state index in [-0.39, 0.29) is 55.9 Å². The molecule has 5 N–H and O–H groups in total. The third-order valence-corrected chi connectivity index (χ3v) is 9.87. The van der Waals surface area contributed by atoms with Crippen LogP contribution in [0.3, 0.4) is 0 Å². The molecule has 13 nitrogen and oxygen atoms in total. The third-order valence-electron chi connectivity index (χ3n) is 9.87. The summed E-state index contributed by atoms with van der Waals surface area (Å²) in [6.07, 6.45) is 6.34. The van der Waals surface area contributed by atoms with E-state index in [1.54, 1.807) is 58.4 Å². The summed E-state index contributed by atoms with van der Waals surface area (Å²) in [4.78, 5) is 33.1. The summed E-state index contributed by atoms with van der Waals surface area (Å²) in [7, 11) is 3.33. The minimum absolute atomic E-state index is 0.0274. The van der Waals surface area contributed by atoms with Crippen LogP contribution in [0.25, 0.3) is 0 Å². The van der Waals surface area contributed by atoms with E-state index in [1.807, 2.05) is 38.1 Å². The molecule has 0 saturated carbocycles. The van der Waals surface area contributed by atoms with Crippen LogP contribution >= 0.6 is 0 Å². The van der Waals surface area contributed by atoms with Crippen molar-refractivity contribution in [3.8, 4) is 5.75 Å². The number of ether oxygens (including phenoxy) is 5. The summed E-state index contributed by atoms with van der Waals surface area (Å²) in [5.41, 5.74) is -1.10. The van der Waals surface area contributed by atoms with E-state index in [9.17, 15) is 24.9 Å². The molecule has 2 heterocycles. The lowest BCUT2D eigenvalue weighted by molar-refractivity contribution is -0.157. The Kier molecular flexibility index (Phi) is 18.3. The maximum Gasteiger partial charge on any atom is 0.309 e. The topological polar surface area (TPSA) is 194 Å². The highest BCUT2D eigenvalue weighted by atomic mass is 16.6. The molecule has 0 amide bonds. The number of hydrogen-bond acceptors (Lipinski definition) is 12. The van der Waals surface area contributed by atoms with Gasteiger partial charge in [0.15, 0.2) is 0 Å². The van der Waals surface area contributed by atoms with Gasteiger partial charge in [-0.05, 0) is 69.4 Å². The van der Waals surface area contributed by atoms with Gasteiger partial charge in [-0.1, -0.05) is 57.2 Å². The molecule has 0 spiro atoms. The van der Waals surface area contributed by atoms with Crippen molar-refractivity contribution in [2.75, 3.05) is 14.2 Å². The highest BCUT2D eigenvalue weighted by Crippen LogP contribution is 2.39. The lowest BCUT2D eigenvalue weighted by Crippen LogP contribution is -2.52. The van der Waals surface area contributed by atoms with E-state index in [1.165, 1.54) is 6.92 Å². The molecule has 0 aliphatic carbocycles. The van der Waals surface area contributed by atoms with Gasteiger partial charge in [0.1, 0.15) is 29.7 Å². The maximum absolute atomic E-state index is 12.9. The van der Waals surface area contributed by atoms with Gasteiger partial charge in [-0.15, -0.1) is 0 Å². The first-order valence-corrected chi connectivity index (χ1v) is 18.1. The van der Waals surface area contributed by atoms with Crippen LogP contribution in [-0.2, 0) is 39.9 Å². The number of aliphatic hydroxyl groups is 3. The van der Waals surface area contributed by atoms with Crippen molar-refractivity contribution in [3.63, 3.8) is 0 Å². The first-order valence-electron chi connectivity index (χ1n) is 18.1. The highest BCUT2D eigenvalue weighted by Gasteiger charge is 2.54. The second-order valence-electron chi connectivity index (χ2n) is 14.4. The number of methoxy groups -OCH3 is 2. The van der Waals surface area contributed by atoms with Gasteiger partial charge in [-0.3, -0.25) is 14.4 Å². The molecule has 2 aliphatic rings. The van der Waals surface area contributed by atoms with Crippen molar-refractivity contribution in [1.29, 1.82) is 0 Å². The lowest BCUT2D eigenvalue weighted by Gasteiger charge is -2.32. The number of carbonyl (C=O) groups excluding carboxylic acids is 2. The molecule has 1 aromatic carbocycles. The lowest BCUT2D eigenvalue weighted by atomic mass is 9.87. The van der Waals surface area contributed by atoms with E-state index >= 15 is 0 Å². The molecule has 1 aromatic rings. The SMILES string of the molecule is CC[C@H](OC)[C@@H](C)[C@H]1O[C@@H]1C(NCc1ccc(OC)cc1)C(C)(O)/C=C/C=C(\C)[C@@H]1OC(=O)C[C@H](O)CC[C@@](C)(O)[C@@H](OC(C)=O)/C=C/[C@@H]1C.O=CO. The van der Waals surface area contributed by atoms with Crippen LogP contribution in [0.2, 0.25) is 0 Å². The van der Waals surface area contributed by atoms with Gasteiger partial charge in [0.2, 0.25) is 0 Å². The minimum Gasteiger partial charge on any atom is -0.497 e. The van der Waals surface area contributed by atoms with E-state index in [2.05, 4.69) is 19.2 Å². The average molecular weight is 748 g/mol. The Bertz CT molecular complexity index is 1380. The molecule has 0 radical (unpaired) electrons. The van der Waals surface area contributed by atoms with Crippen molar-refractivity contribution >= 4 is 18.4 Å². The van der Waals surface area contributed by atoms with Gasteiger partial charge in [0.25, 0.3) is 6.47 Å². The molecular weight excluding hydrogens is 686 g/mol. The molecule has 0 aromatic heterocycles. The Morgan fingerprint density at radius 3 is 2.38 bits per heavy atom. The van der Waals surface area contributed by atoms with Crippen molar-refractivity contribution in [3.05, 3.63) is 65.8 Å². The number of cyclic esters (lactones) is 1. The zero-order valence-electron chi connectivity index (χ0n) is 32.6. The standard InChI is InChI=1S/C39H59NO10.CH2O2/c1-10-31(47-9)26(4)35-36(50-35)37(40-23-28-14-16-30(46-8)17-15-28)39(7,45)20-11-12-24(2)34-25(3)13-18-32(48-27(5)41)38(6,44)21-19-29(42)22-33(43)49-34;2-1-3/h11-18,20,25-26,29,31-32,34-37,40,42,44-45H,10,19,21-23H2,1-9H3;1H,(H,2,3)/b18-13+,20-11+,24-12+;/t25-,26+,29+,31-,32-,34-,35+,36-,37?,38+,39?;/m0./s1. The van der Waals surface area contributed by atoms with Crippen LogP contribution < -0.4 is 10.1 Å². The second kappa shape index (κ2) is 21.3. The van der Waals surface area contributed by atoms with Crippen molar-refractivity contribution in [2.24, 2.45) is 11.8 Å². The molecule has 1 saturated heterocycles. The van der Waals surface area contributed by atoms with Crippen molar-refractivity contribution in [2.45, 2.75) is 135 Å². The molecule has 11 atom stereocenters. The van der Waals surface area contributed by atoms with E-state index in [4.69, 9.17) is 33.6 Å². The summed E-state index contributed by atoms with van der Waals surface area (Å²) in [5, 5.41) is 43.9. The predicted molar refractivity (Wildman–Crippen MR) is 199 cm³/mol. The molecule has 298 valence electrons.